The second kappa shape index (κ2) is 8.65. The minimum absolute atomic E-state index is 0.165. The first-order valence-corrected chi connectivity index (χ1v) is 9.44. The number of aromatic nitrogens is 1. The smallest absolute Gasteiger partial charge is 0.391 e. The molecule has 1 saturated heterocycles. The third-order valence-electron chi connectivity index (χ3n) is 4.72. The fraction of sp³-hybridized carbons (Fsp3) is 0.421. The number of halogens is 4. The molecule has 1 aliphatic rings. The van der Waals surface area contributed by atoms with E-state index in [1.807, 2.05) is 5.32 Å². The Morgan fingerprint density at radius 2 is 2.03 bits per heavy atom. The standard InChI is InChI=1S/C19H19ClF3N3O4/c1-10-6-14(30-25-10)8-16(28)26-9-13(27)7-15(26)18(29)24-17(19(21,22)23)11-2-4-12(20)5-3-11/h2-6,13,15,17,27H,7-9H2,1H3,(H,24,29)/t13-,15+,17+/m1/s1. The van der Waals surface area contributed by atoms with Crippen LogP contribution < -0.4 is 5.32 Å². The van der Waals surface area contributed by atoms with Crippen LogP contribution in [0.3, 0.4) is 0 Å². The number of amides is 2. The van der Waals surface area contributed by atoms with E-state index in [2.05, 4.69) is 5.16 Å². The molecule has 1 aromatic heterocycles. The number of carbonyl (C=O) groups excluding carboxylic acids is 2. The summed E-state index contributed by atoms with van der Waals surface area (Å²) in [6, 6.07) is 2.92. The van der Waals surface area contributed by atoms with Gasteiger partial charge in [0.1, 0.15) is 11.8 Å². The summed E-state index contributed by atoms with van der Waals surface area (Å²) in [7, 11) is 0. The Kier molecular flexibility index (Phi) is 6.37. The van der Waals surface area contributed by atoms with Gasteiger partial charge >= 0.3 is 6.18 Å². The zero-order valence-corrected chi connectivity index (χ0v) is 16.6. The minimum Gasteiger partial charge on any atom is -0.391 e. The molecule has 2 N–H and O–H groups in total. The molecule has 2 amide bonds. The van der Waals surface area contributed by atoms with E-state index in [9.17, 15) is 27.9 Å². The van der Waals surface area contributed by atoms with Gasteiger partial charge in [0.15, 0.2) is 6.04 Å². The molecular weight excluding hydrogens is 427 g/mol. The van der Waals surface area contributed by atoms with Crippen LogP contribution in [0.15, 0.2) is 34.9 Å². The van der Waals surface area contributed by atoms with Crippen LogP contribution in [-0.2, 0) is 16.0 Å². The zero-order chi connectivity index (χ0) is 22.1. The van der Waals surface area contributed by atoms with Crippen LogP contribution >= 0.6 is 11.6 Å². The molecule has 0 spiro atoms. The molecule has 162 valence electrons. The lowest BCUT2D eigenvalue weighted by molar-refractivity contribution is -0.165. The summed E-state index contributed by atoms with van der Waals surface area (Å²) in [6.45, 7) is 1.50. The largest absolute Gasteiger partial charge is 0.412 e. The van der Waals surface area contributed by atoms with Gasteiger partial charge < -0.3 is 19.8 Å². The number of rotatable bonds is 5. The number of β-amino-alcohol motifs (C(OH)–C–C–N with tert-alkyl or cyclic N) is 1. The predicted octanol–water partition coefficient (Wildman–Crippen LogP) is 2.56. The van der Waals surface area contributed by atoms with Crippen molar-refractivity contribution >= 4 is 23.4 Å². The molecule has 2 heterocycles. The van der Waals surface area contributed by atoms with Gasteiger partial charge in [-0.15, -0.1) is 0 Å². The number of aryl methyl sites for hydroxylation is 1. The number of alkyl halides is 3. The Hall–Kier alpha value is -2.59. The highest BCUT2D eigenvalue weighted by Gasteiger charge is 2.45. The Bertz CT molecular complexity index is 916. The van der Waals surface area contributed by atoms with Gasteiger partial charge in [-0.1, -0.05) is 28.9 Å². The fourth-order valence-corrected chi connectivity index (χ4v) is 3.46. The Labute approximate surface area is 174 Å². The SMILES string of the molecule is Cc1cc(CC(=O)N2C[C@H](O)C[C@H]2C(=O)N[C@@H](c2ccc(Cl)cc2)C(F)(F)F)on1. The molecule has 1 aliphatic heterocycles. The first-order chi connectivity index (χ1) is 14.0. The predicted molar refractivity (Wildman–Crippen MR) is 99.5 cm³/mol. The maximum absolute atomic E-state index is 13.6. The highest BCUT2D eigenvalue weighted by atomic mass is 35.5. The molecule has 2 aromatic rings. The summed E-state index contributed by atoms with van der Waals surface area (Å²) < 4.78 is 45.7. The van der Waals surface area contributed by atoms with E-state index in [4.69, 9.17) is 16.1 Å². The topological polar surface area (TPSA) is 95.7 Å². The number of aliphatic hydroxyl groups excluding tert-OH is 1. The number of hydrogen-bond acceptors (Lipinski definition) is 5. The van der Waals surface area contributed by atoms with E-state index in [0.29, 0.717) is 5.69 Å². The quantitative estimate of drug-likeness (QED) is 0.737. The van der Waals surface area contributed by atoms with E-state index in [0.717, 1.165) is 4.90 Å². The van der Waals surface area contributed by atoms with Gasteiger partial charge in [0.05, 0.1) is 18.2 Å². The van der Waals surface area contributed by atoms with Crippen LogP contribution in [0, 0.1) is 6.92 Å². The van der Waals surface area contributed by atoms with Crippen molar-refractivity contribution < 1.29 is 32.4 Å². The maximum Gasteiger partial charge on any atom is 0.412 e. The maximum atomic E-state index is 13.6. The van der Waals surface area contributed by atoms with Crippen molar-refractivity contribution in [1.29, 1.82) is 0 Å². The van der Waals surface area contributed by atoms with Crippen molar-refractivity contribution in [3.8, 4) is 0 Å². The van der Waals surface area contributed by atoms with Crippen LogP contribution in [-0.4, -0.2) is 51.8 Å². The zero-order valence-electron chi connectivity index (χ0n) is 15.8. The van der Waals surface area contributed by atoms with Gasteiger partial charge in [0.2, 0.25) is 11.8 Å². The van der Waals surface area contributed by atoms with Gasteiger partial charge in [0, 0.05) is 24.1 Å². The van der Waals surface area contributed by atoms with Gasteiger partial charge in [0.25, 0.3) is 0 Å². The molecule has 1 fully saturated rings. The van der Waals surface area contributed by atoms with E-state index in [1.54, 1.807) is 13.0 Å². The molecule has 0 saturated carbocycles. The average Bonchev–Trinajstić information content (AvgIpc) is 3.25. The monoisotopic (exact) mass is 445 g/mol. The summed E-state index contributed by atoms with van der Waals surface area (Å²) in [5.74, 6) is -1.31. The van der Waals surface area contributed by atoms with Crippen LogP contribution in [0.1, 0.15) is 29.5 Å². The third kappa shape index (κ3) is 5.11. The number of hydrogen-bond donors (Lipinski definition) is 2. The van der Waals surface area contributed by atoms with E-state index in [1.165, 1.54) is 24.3 Å². The third-order valence-corrected chi connectivity index (χ3v) is 4.97. The molecule has 0 bridgehead atoms. The van der Waals surface area contributed by atoms with Crippen molar-refractivity contribution in [2.75, 3.05) is 6.54 Å². The Balaban J connectivity index is 1.76. The summed E-state index contributed by atoms with van der Waals surface area (Å²) in [5, 5.41) is 15.8. The molecule has 1 aromatic carbocycles. The number of benzene rings is 1. The first kappa shape index (κ1) is 22.1. The molecule has 3 rings (SSSR count). The summed E-state index contributed by atoms with van der Waals surface area (Å²) in [4.78, 5) is 26.3. The lowest BCUT2D eigenvalue weighted by atomic mass is 10.1. The Morgan fingerprint density at radius 3 is 2.60 bits per heavy atom. The van der Waals surface area contributed by atoms with Crippen LogP contribution in [0.4, 0.5) is 13.2 Å². The molecule has 30 heavy (non-hydrogen) atoms. The van der Waals surface area contributed by atoms with E-state index in [-0.39, 0.29) is 35.7 Å². The van der Waals surface area contributed by atoms with Gasteiger partial charge in [-0.05, 0) is 24.6 Å². The second-order valence-electron chi connectivity index (χ2n) is 7.10. The number of nitrogens with one attached hydrogen (secondary N) is 1. The molecule has 11 heteroatoms. The van der Waals surface area contributed by atoms with Crippen molar-refractivity contribution in [2.24, 2.45) is 0 Å². The number of aliphatic hydroxyl groups is 1. The molecule has 3 atom stereocenters. The summed E-state index contributed by atoms with van der Waals surface area (Å²) >= 11 is 5.73. The Morgan fingerprint density at radius 1 is 1.37 bits per heavy atom. The van der Waals surface area contributed by atoms with Crippen molar-refractivity contribution in [1.82, 2.24) is 15.4 Å². The number of nitrogens with zero attached hydrogens (tertiary/aromatic N) is 2. The van der Waals surface area contributed by atoms with Crippen molar-refractivity contribution in [3.63, 3.8) is 0 Å². The average molecular weight is 446 g/mol. The van der Waals surface area contributed by atoms with Crippen LogP contribution in [0.2, 0.25) is 5.02 Å². The second-order valence-corrected chi connectivity index (χ2v) is 7.53. The molecular formula is C19H19ClF3N3O4. The van der Waals surface area contributed by atoms with Gasteiger partial charge in [-0.2, -0.15) is 13.2 Å². The lowest BCUT2D eigenvalue weighted by Crippen LogP contribution is -2.49. The van der Waals surface area contributed by atoms with Gasteiger partial charge in [-0.25, -0.2) is 0 Å². The first-order valence-electron chi connectivity index (χ1n) is 9.07. The fourth-order valence-electron chi connectivity index (χ4n) is 3.34. The molecule has 0 radical (unpaired) electrons. The molecule has 0 unspecified atom stereocenters. The molecule has 0 aliphatic carbocycles. The van der Waals surface area contributed by atoms with E-state index >= 15 is 0 Å². The number of carbonyl (C=O) groups is 2. The van der Waals surface area contributed by atoms with Crippen LogP contribution in [0.25, 0.3) is 0 Å². The lowest BCUT2D eigenvalue weighted by Gasteiger charge is -2.27. The highest BCUT2D eigenvalue weighted by Crippen LogP contribution is 2.34. The summed E-state index contributed by atoms with van der Waals surface area (Å²) in [5.41, 5.74) is 0.360. The van der Waals surface area contributed by atoms with Crippen LogP contribution in [0.5, 0.6) is 0 Å². The van der Waals surface area contributed by atoms with E-state index < -0.39 is 36.2 Å². The number of likely N-dealkylation sites (tertiary alicyclic amines) is 1. The minimum atomic E-state index is -4.77. The van der Waals surface area contributed by atoms with Gasteiger partial charge in [-0.3, -0.25) is 9.59 Å². The normalized spacial score (nSPS) is 20.3. The van der Waals surface area contributed by atoms with Crippen molar-refractivity contribution in [3.05, 3.63) is 52.4 Å². The molecule has 7 nitrogen and oxygen atoms in total. The summed E-state index contributed by atoms with van der Waals surface area (Å²) in [6.07, 6.45) is -6.19. The highest BCUT2D eigenvalue weighted by molar-refractivity contribution is 6.30. The van der Waals surface area contributed by atoms with Crippen molar-refractivity contribution in [2.45, 2.75) is 44.1 Å².